The molecule has 1 unspecified atom stereocenters. The average Bonchev–Trinajstić information content (AvgIpc) is 3.10. The molecule has 1 aliphatic heterocycles. The lowest BCUT2D eigenvalue weighted by atomic mass is 10.1. The van der Waals surface area contributed by atoms with Gasteiger partial charge in [0.1, 0.15) is 0 Å². The monoisotopic (exact) mass is 272 g/mol. The number of nitrogens with two attached hydrogens (primary N) is 1. The number of aromatic nitrogens is 2. The summed E-state index contributed by atoms with van der Waals surface area (Å²) in [4.78, 5) is 6.81. The Kier molecular flexibility index (Phi) is 3.80. The van der Waals surface area contributed by atoms with Crippen molar-refractivity contribution < 1.29 is 4.52 Å². The fourth-order valence-electron chi connectivity index (χ4n) is 2.63. The fourth-order valence-corrected chi connectivity index (χ4v) is 2.63. The minimum atomic E-state index is -0.186. The molecule has 0 radical (unpaired) electrons. The van der Waals surface area contributed by atoms with Crippen LogP contribution >= 0.6 is 0 Å². The summed E-state index contributed by atoms with van der Waals surface area (Å²) in [5.74, 6) is 1.14. The molecule has 5 nitrogen and oxygen atoms in total. The number of benzene rings is 1. The molecule has 5 heteroatoms. The normalized spacial score (nSPS) is 17.5. The molecule has 106 valence electrons. The van der Waals surface area contributed by atoms with E-state index in [4.69, 9.17) is 10.3 Å². The topological polar surface area (TPSA) is 68.2 Å². The van der Waals surface area contributed by atoms with Gasteiger partial charge in [-0.3, -0.25) is 0 Å². The van der Waals surface area contributed by atoms with E-state index in [0.717, 1.165) is 30.8 Å². The third kappa shape index (κ3) is 2.73. The zero-order valence-electron chi connectivity index (χ0n) is 11.7. The van der Waals surface area contributed by atoms with Crippen LogP contribution < -0.4 is 5.73 Å². The summed E-state index contributed by atoms with van der Waals surface area (Å²) in [7, 11) is 0. The van der Waals surface area contributed by atoms with Gasteiger partial charge in [-0.1, -0.05) is 23.4 Å². The maximum atomic E-state index is 6.18. The van der Waals surface area contributed by atoms with Crippen molar-refractivity contribution in [2.75, 3.05) is 19.6 Å². The molecule has 3 rings (SSSR count). The van der Waals surface area contributed by atoms with Crippen molar-refractivity contribution in [1.29, 1.82) is 0 Å². The molecule has 2 aromatic rings. The van der Waals surface area contributed by atoms with E-state index in [9.17, 15) is 0 Å². The summed E-state index contributed by atoms with van der Waals surface area (Å²) in [6.07, 6.45) is 2.51. The number of rotatable bonds is 4. The first-order valence-electron chi connectivity index (χ1n) is 7.11. The van der Waals surface area contributed by atoms with Crippen molar-refractivity contribution in [3.63, 3.8) is 0 Å². The Morgan fingerprint density at radius 3 is 2.80 bits per heavy atom. The van der Waals surface area contributed by atoms with Crippen LogP contribution in [0.3, 0.4) is 0 Å². The number of hydrogen-bond donors (Lipinski definition) is 1. The van der Waals surface area contributed by atoms with E-state index in [0.29, 0.717) is 11.7 Å². The lowest BCUT2D eigenvalue weighted by molar-refractivity contribution is 0.306. The van der Waals surface area contributed by atoms with Gasteiger partial charge in [-0.05, 0) is 44.5 Å². The van der Waals surface area contributed by atoms with E-state index in [-0.39, 0.29) is 6.04 Å². The summed E-state index contributed by atoms with van der Waals surface area (Å²) >= 11 is 0. The maximum Gasteiger partial charge on any atom is 0.258 e. The highest BCUT2D eigenvalue weighted by atomic mass is 16.5. The summed E-state index contributed by atoms with van der Waals surface area (Å²) in [5, 5.41) is 4.04. The van der Waals surface area contributed by atoms with Gasteiger partial charge < -0.3 is 15.2 Å². The standard InChI is InChI=1S/C15H20N4O/c1-11-6-2-3-7-12(11)15-17-14(18-20-15)13(16)10-19-8-4-5-9-19/h2-3,6-7,13H,4-5,8-10,16H2,1H3. The molecule has 20 heavy (non-hydrogen) atoms. The number of likely N-dealkylation sites (tertiary alicyclic amines) is 1. The van der Waals surface area contributed by atoms with Gasteiger partial charge in [0, 0.05) is 12.1 Å². The Morgan fingerprint density at radius 1 is 1.30 bits per heavy atom. The molecule has 2 N–H and O–H groups in total. The van der Waals surface area contributed by atoms with E-state index < -0.39 is 0 Å². The van der Waals surface area contributed by atoms with Crippen LogP contribution in [0.4, 0.5) is 0 Å². The Labute approximate surface area is 118 Å². The average molecular weight is 272 g/mol. The Bertz CT molecular complexity index is 575. The highest BCUT2D eigenvalue weighted by Crippen LogP contribution is 2.22. The molecule has 1 aromatic heterocycles. The van der Waals surface area contributed by atoms with Crippen molar-refractivity contribution >= 4 is 0 Å². The second-order valence-corrected chi connectivity index (χ2v) is 5.39. The largest absolute Gasteiger partial charge is 0.334 e. The molecular weight excluding hydrogens is 252 g/mol. The first-order chi connectivity index (χ1) is 9.74. The maximum absolute atomic E-state index is 6.18. The van der Waals surface area contributed by atoms with Crippen molar-refractivity contribution in [3.05, 3.63) is 35.7 Å². The van der Waals surface area contributed by atoms with E-state index in [2.05, 4.69) is 15.0 Å². The smallest absolute Gasteiger partial charge is 0.258 e. The molecule has 0 spiro atoms. The van der Waals surface area contributed by atoms with Gasteiger partial charge in [0.15, 0.2) is 5.82 Å². The van der Waals surface area contributed by atoms with E-state index >= 15 is 0 Å². The highest BCUT2D eigenvalue weighted by Gasteiger charge is 2.20. The van der Waals surface area contributed by atoms with Crippen molar-refractivity contribution in [1.82, 2.24) is 15.0 Å². The van der Waals surface area contributed by atoms with E-state index in [1.807, 2.05) is 31.2 Å². The summed E-state index contributed by atoms with van der Waals surface area (Å²) in [6.45, 7) is 5.07. The van der Waals surface area contributed by atoms with E-state index in [1.165, 1.54) is 12.8 Å². The van der Waals surface area contributed by atoms with Crippen LogP contribution in [0.5, 0.6) is 0 Å². The van der Waals surface area contributed by atoms with Gasteiger partial charge in [0.25, 0.3) is 5.89 Å². The molecule has 0 aliphatic carbocycles. The predicted molar refractivity (Wildman–Crippen MR) is 77.1 cm³/mol. The predicted octanol–water partition coefficient (Wildman–Crippen LogP) is 2.14. The van der Waals surface area contributed by atoms with Crippen molar-refractivity contribution in [3.8, 4) is 11.5 Å². The Hall–Kier alpha value is -1.72. The highest BCUT2D eigenvalue weighted by molar-refractivity contribution is 5.57. The van der Waals surface area contributed by atoms with Gasteiger partial charge >= 0.3 is 0 Å². The van der Waals surface area contributed by atoms with Crippen LogP contribution in [0.15, 0.2) is 28.8 Å². The third-order valence-electron chi connectivity index (χ3n) is 3.80. The molecule has 0 bridgehead atoms. The number of hydrogen-bond acceptors (Lipinski definition) is 5. The lowest BCUT2D eigenvalue weighted by Gasteiger charge is -2.17. The summed E-state index contributed by atoms with van der Waals surface area (Å²) < 4.78 is 5.36. The quantitative estimate of drug-likeness (QED) is 0.923. The summed E-state index contributed by atoms with van der Waals surface area (Å²) in [6, 6.07) is 7.79. The lowest BCUT2D eigenvalue weighted by Crippen LogP contribution is -2.30. The van der Waals surface area contributed by atoms with Crippen LogP contribution in [-0.2, 0) is 0 Å². The van der Waals surface area contributed by atoms with Crippen LogP contribution in [0.25, 0.3) is 11.5 Å². The molecule has 1 atom stereocenters. The second kappa shape index (κ2) is 5.73. The molecule has 0 amide bonds. The molecular formula is C15H20N4O. The molecule has 1 aliphatic rings. The van der Waals surface area contributed by atoms with Crippen LogP contribution in [0, 0.1) is 6.92 Å². The van der Waals surface area contributed by atoms with Gasteiger partial charge in [-0.25, -0.2) is 0 Å². The van der Waals surface area contributed by atoms with Gasteiger partial charge in [0.05, 0.1) is 6.04 Å². The van der Waals surface area contributed by atoms with Crippen LogP contribution in [0.1, 0.15) is 30.3 Å². The third-order valence-corrected chi connectivity index (χ3v) is 3.80. The van der Waals surface area contributed by atoms with Gasteiger partial charge in [-0.15, -0.1) is 0 Å². The second-order valence-electron chi connectivity index (χ2n) is 5.39. The fraction of sp³-hybridized carbons (Fsp3) is 0.467. The van der Waals surface area contributed by atoms with Crippen molar-refractivity contribution in [2.45, 2.75) is 25.8 Å². The van der Waals surface area contributed by atoms with Crippen LogP contribution in [0.2, 0.25) is 0 Å². The molecule has 1 saturated heterocycles. The first-order valence-corrected chi connectivity index (χ1v) is 7.11. The summed E-state index contributed by atoms with van der Waals surface area (Å²) in [5.41, 5.74) is 8.27. The van der Waals surface area contributed by atoms with Crippen LogP contribution in [-0.4, -0.2) is 34.7 Å². The van der Waals surface area contributed by atoms with Gasteiger partial charge in [-0.2, -0.15) is 4.98 Å². The minimum absolute atomic E-state index is 0.186. The SMILES string of the molecule is Cc1ccccc1-c1nc(C(N)CN2CCCC2)no1. The number of nitrogens with zero attached hydrogens (tertiary/aromatic N) is 3. The van der Waals surface area contributed by atoms with E-state index in [1.54, 1.807) is 0 Å². The molecule has 2 heterocycles. The first kappa shape index (κ1) is 13.3. The minimum Gasteiger partial charge on any atom is -0.334 e. The Balaban J connectivity index is 1.74. The molecule has 0 saturated carbocycles. The molecule has 1 aromatic carbocycles. The van der Waals surface area contributed by atoms with Gasteiger partial charge in [0.2, 0.25) is 0 Å². The molecule has 1 fully saturated rings. The number of aryl methyl sites for hydroxylation is 1. The zero-order valence-corrected chi connectivity index (χ0v) is 11.7. The van der Waals surface area contributed by atoms with Crippen molar-refractivity contribution in [2.24, 2.45) is 5.73 Å². The Morgan fingerprint density at radius 2 is 2.05 bits per heavy atom. The zero-order chi connectivity index (χ0) is 13.9.